The molecule has 1 amide bonds. The average molecular weight is 379 g/mol. The number of aliphatic hydroxyl groups is 2. The van der Waals surface area contributed by atoms with Gasteiger partial charge in [-0.25, -0.2) is 9.59 Å². The first-order valence-electron chi connectivity index (χ1n) is 8.94. The quantitative estimate of drug-likeness (QED) is 0.477. The van der Waals surface area contributed by atoms with Crippen molar-refractivity contribution in [3.63, 3.8) is 0 Å². The Hall–Kier alpha value is -2.41. The summed E-state index contributed by atoms with van der Waals surface area (Å²) in [6, 6.07) is 0. The van der Waals surface area contributed by atoms with E-state index in [1.807, 2.05) is 0 Å². The van der Waals surface area contributed by atoms with Gasteiger partial charge in [-0.3, -0.25) is 9.88 Å². The summed E-state index contributed by atoms with van der Waals surface area (Å²) in [6.07, 6.45) is 5.54. The fourth-order valence-corrected chi connectivity index (χ4v) is 2.74. The third-order valence-corrected chi connectivity index (χ3v) is 4.31. The molecule has 9 heteroatoms. The summed E-state index contributed by atoms with van der Waals surface area (Å²) in [6.45, 7) is 3.91. The molecule has 1 fully saturated rings. The molecule has 9 nitrogen and oxygen atoms in total. The van der Waals surface area contributed by atoms with E-state index in [0.717, 1.165) is 30.3 Å². The smallest absolute Gasteiger partial charge is 0.412 e. The van der Waals surface area contributed by atoms with Gasteiger partial charge in [0.25, 0.3) is 0 Å². The van der Waals surface area contributed by atoms with Crippen molar-refractivity contribution in [3.8, 4) is 12.3 Å². The number of amides is 1. The minimum atomic E-state index is -1.31. The van der Waals surface area contributed by atoms with E-state index in [4.69, 9.17) is 15.9 Å². The van der Waals surface area contributed by atoms with Crippen LogP contribution in [0.15, 0.2) is 11.0 Å². The topological polar surface area (TPSA) is 123 Å². The Bertz CT molecular complexity index is 756. The van der Waals surface area contributed by atoms with E-state index in [2.05, 4.69) is 23.1 Å². The number of ether oxygens (including phenoxy) is 2. The molecule has 3 N–H and O–H groups in total. The van der Waals surface area contributed by atoms with Crippen molar-refractivity contribution in [1.82, 2.24) is 9.55 Å². The molecule has 0 bridgehead atoms. The van der Waals surface area contributed by atoms with Crippen LogP contribution in [0.25, 0.3) is 0 Å². The first kappa shape index (κ1) is 20.9. The molecule has 27 heavy (non-hydrogen) atoms. The molecule has 2 heterocycles. The number of aromatic nitrogens is 2. The Kier molecular flexibility index (Phi) is 7.36. The summed E-state index contributed by atoms with van der Waals surface area (Å²) in [4.78, 5) is 27.9. The maximum absolute atomic E-state index is 12.3. The minimum Gasteiger partial charge on any atom is -0.449 e. The van der Waals surface area contributed by atoms with Crippen molar-refractivity contribution in [2.75, 3.05) is 11.9 Å². The van der Waals surface area contributed by atoms with Gasteiger partial charge in [0.05, 0.1) is 18.3 Å². The lowest BCUT2D eigenvalue weighted by Gasteiger charge is -2.18. The summed E-state index contributed by atoms with van der Waals surface area (Å²) >= 11 is 0. The van der Waals surface area contributed by atoms with Crippen molar-refractivity contribution >= 4 is 11.9 Å². The Morgan fingerprint density at radius 1 is 1.41 bits per heavy atom. The highest BCUT2D eigenvalue weighted by molar-refractivity contribution is 5.84. The van der Waals surface area contributed by atoms with E-state index in [0.29, 0.717) is 0 Å². The zero-order valence-electron chi connectivity index (χ0n) is 15.4. The number of nitrogens with zero attached hydrogens (tertiary/aromatic N) is 2. The molecule has 0 radical (unpaired) electrons. The molecule has 0 spiro atoms. The molecular weight excluding hydrogens is 354 g/mol. The average Bonchev–Trinajstić information content (AvgIpc) is 2.89. The summed E-state index contributed by atoms with van der Waals surface area (Å²) in [7, 11) is 0. The molecule has 1 aromatic rings. The number of carbonyl (C=O) groups is 1. The third-order valence-electron chi connectivity index (χ3n) is 4.31. The van der Waals surface area contributed by atoms with Gasteiger partial charge in [-0.15, -0.1) is 6.42 Å². The lowest BCUT2D eigenvalue weighted by atomic mass is 10.1. The number of unbranched alkanes of at least 4 members (excludes halogenated alkanes) is 3. The van der Waals surface area contributed by atoms with Crippen molar-refractivity contribution < 1.29 is 24.5 Å². The highest BCUT2D eigenvalue weighted by Crippen LogP contribution is 2.28. The van der Waals surface area contributed by atoms with Crippen LogP contribution >= 0.6 is 0 Å². The predicted octanol–water partition coefficient (Wildman–Crippen LogP) is 0.992. The van der Waals surface area contributed by atoms with Crippen LogP contribution in [0.5, 0.6) is 0 Å². The van der Waals surface area contributed by atoms with Crippen LogP contribution in [-0.4, -0.2) is 50.8 Å². The van der Waals surface area contributed by atoms with E-state index < -0.39 is 36.3 Å². The highest BCUT2D eigenvalue weighted by Gasteiger charge is 2.42. The first-order valence-corrected chi connectivity index (χ1v) is 8.94. The van der Waals surface area contributed by atoms with E-state index in [9.17, 15) is 19.8 Å². The van der Waals surface area contributed by atoms with Crippen molar-refractivity contribution in [2.24, 2.45) is 0 Å². The Balaban J connectivity index is 2.09. The molecule has 1 aliphatic rings. The number of terminal acetylenes is 1. The fourth-order valence-electron chi connectivity index (χ4n) is 2.74. The second-order valence-corrected chi connectivity index (χ2v) is 6.37. The summed E-state index contributed by atoms with van der Waals surface area (Å²) < 4.78 is 11.4. The van der Waals surface area contributed by atoms with Gasteiger partial charge in [-0.2, -0.15) is 4.98 Å². The summed E-state index contributed by atoms with van der Waals surface area (Å²) in [5.74, 6) is 2.21. The molecule has 0 aromatic carbocycles. The molecule has 2 rings (SSSR count). The van der Waals surface area contributed by atoms with E-state index in [-0.39, 0.29) is 18.0 Å². The van der Waals surface area contributed by atoms with Crippen LogP contribution < -0.4 is 11.0 Å². The van der Waals surface area contributed by atoms with Gasteiger partial charge in [0.1, 0.15) is 12.2 Å². The van der Waals surface area contributed by atoms with Crippen molar-refractivity contribution in [3.05, 3.63) is 22.2 Å². The standard InChI is InChI=1S/C18H25N3O6/c1-4-6-7-8-9-26-18(25)20-15-12(5-2)10-21(17(24)19-15)16-14(23)13(22)11(3)27-16/h2,10-11,13-14,16,22-23H,4,6-9H2,1,3H3,(H,19,20,24,25)/t11-,13-,14-,16-/m1/s1. The highest BCUT2D eigenvalue weighted by atomic mass is 16.6. The monoisotopic (exact) mass is 379 g/mol. The second kappa shape index (κ2) is 9.50. The largest absolute Gasteiger partial charge is 0.449 e. The van der Waals surface area contributed by atoms with Crippen LogP contribution in [-0.2, 0) is 9.47 Å². The van der Waals surface area contributed by atoms with Crippen LogP contribution in [0, 0.1) is 12.3 Å². The number of hydrogen-bond donors (Lipinski definition) is 3. The second-order valence-electron chi connectivity index (χ2n) is 6.37. The maximum Gasteiger partial charge on any atom is 0.412 e. The van der Waals surface area contributed by atoms with E-state index >= 15 is 0 Å². The number of nitrogens with one attached hydrogen (secondary N) is 1. The molecular formula is C18H25N3O6. The van der Waals surface area contributed by atoms with Gasteiger partial charge < -0.3 is 19.7 Å². The summed E-state index contributed by atoms with van der Waals surface area (Å²) in [5, 5.41) is 22.2. The van der Waals surface area contributed by atoms with E-state index in [1.54, 1.807) is 6.92 Å². The SMILES string of the molecule is C#Cc1cn([C@@H]2O[C@H](C)[C@@H](O)[C@H]2O)c(=O)nc1NC(=O)OCCCCCC. The third kappa shape index (κ3) is 5.07. The van der Waals surface area contributed by atoms with Gasteiger partial charge in [0.15, 0.2) is 12.0 Å². The van der Waals surface area contributed by atoms with Crippen molar-refractivity contribution in [2.45, 2.75) is 64.1 Å². The van der Waals surface area contributed by atoms with Gasteiger partial charge >= 0.3 is 11.8 Å². The molecule has 0 unspecified atom stereocenters. The minimum absolute atomic E-state index is 0.113. The molecule has 1 aliphatic heterocycles. The number of carbonyl (C=O) groups excluding carboxylic acids is 1. The van der Waals surface area contributed by atoms with Gasteiger partial charge in [-0.05, 0) is 13.3 Å². The molecule has 4 atom stereocenters. The molecule has 1 aromatic heterocycles. The van der Waals surface area contributed by atoms with Crippen LogP contribution in [0.4, 0.5) is 10.6 Å². The molecule has 0 aliphatic carbocycles. The van der Waals surface area contributed by atoms with Gasteiger partial charge in [-0.1, -0.05) is 32.1 Å². The van der Waals surface area contributed by atoms with Crippen LogP contribution in [0.3, 0.4) is 0 Å². The van der Waals surface area contributed by atoms with Crippen LogP contribution in [0.2, 0.25) is 0 Å². The fraction of sp³-hybridized carbons (Fsp3) is 0.611. The Morgan fingerprint density at radius 2 is 2.15 bits per heavy atom. The zero-order chi connectivity index (χ0) is 20.0. The summed E-state index contributed by atoms with van der Waals surface area (Å²) in [5.41, 5.74) is -0.681. The normalized spacial score (nSPS) is 24.4. The van der Waals surface area contributed by atoms with E-state index in [1.165, 1.54) is 6.20 Å². The van der Waals surface area contributed by atoms with Crippen molar-refractivity contribution in [1.29, 1.82) is 0 Å². The number of hydrogen-bond acceptors (Lipinski definition) is 7. The lowest BCUT2D eigenvalue weighted by molar-refractivity contribution is -0.0350. The molecule has 0 saturated carbocycles. The zero-order valence-corrected chi connectivity index (χ0v) is 15.4. The Labute approximate surface area is 157 Å². The number of rotatable bonds is 7. The van der Waals surface area contributed by atoms with Gasteiger partial charge in [0.2, 0.25) is 0 Å². The number of anilines is 1. The molecule has 1 saturated heterocycles. The van der Waals surface area contributed by atoms with Crippen LogP contribution in [0.1, 0.15) is 51.3 Å². The maximum atomic E-state index is 12.3. The first-order chi connectivity index (χ1) is 12.9. The molecule has 148 valence electrons. The predicted molar refractivity (Wildman–Crippen MR) is 97.1 cm³/mol. The number of aliphatic hydroxyl groups excluding tert-OH is 2. The van der Waals surface area contributed by atoms with Gasteiger partial charge in [0, 0.05) is 6.20 Å². The Morgan fingerprint density at radius 3 is 2.74 bits per heavy atom. The lowest BCUT2D eigenvalue weighted by Crippen LogP contribution is -2.36.